The van der Waals surface area contributed by atoms with E-state index in [4.69, 9.17) is 0 Å². The molecule has 1 N–H and O–H groups in total. The first-order chi connectivity index (χ1) is 9.47. The summed E-state index contributed by atoms with van der Waals surface area (Å²) in [5, 5.41) is 2.93. The second kappa shape index (κ2) is 6.20. The number of alkyl halides is 2. The van der Waals surface area contributed by atoms with Crippen LogP contribution in [0.5, 0.6) is 5.75 Å². The van der Waals surface area contributed by atoms with Gasteiger partial charge < -0.3 is 10.1 Å². The van der Waals surface area contributed by atoms with E-state index in [-0.39, 0.29) is 23.6 Å². The third-order valence-electron chi connectivity index (χ3n) is 3.50. The fourth-order valence-electron chi connectivity index (χ4n) is 2.76. The molecular weight excluding hydrogens is 264 g/mol. The van der Waals surface area contributed by atoms with E-state index >= 15 is 0 Å². The van der Waals surface area contributed by atoms with Gasteiger partial charge in [0.05, 0.1) is 0 Å². The van der Waals surface area contributed by atoms with Crippen molar-refractivity contribution < 1.29 is 18.3 Å². The van der Waals surface area contributed by atoms with Crippen LogP contribution in [0.3, 0.4) is 0 Å². The second-order valence-electron chi connectivity index (χ2n) is 5.53. The van der Waals surface area contributed by atoms with Crippen LogP contribution in [0.2, 0.25) is 0 Å². The molecule has 20 heavy (non-hydrogen) atoms. The number of amides is 1. The van der Waals surface area contributed by atoms with Gasteiger partial charge >= 0.3 is 6.61 Å². The fraction of sp³-hybridized carbons (Fsp3) is 0.533. The summed E-state index contributed by atoms with van der Waals surface area (Å²) in [6.07, 6.45) is 1.14. The van der Waals surface area contributed by atoms with Crippen molar-refractivity contribution in [3.63, 3.8) is 0 Å². The highest BCUT2D eigenvalue weighted by Gasteiger charge is 2.35. The number of hydrogen-bond acceptors (Lipinski definition) is 2. The Balaban J connectivity index is 2.26. The predicted octanol–water partition coefficient (Wildman–Crippen LogP) is 3.31. The van der Waals surface area contributed by atoms with Gasteiger partial charge in [-0.25, -0.2) is 0 Å². The maximum absolute atomic E-state index is 12.5. The molecule has 0 aromatic heterocycles. The first-order valence-electron chi connectivity index (χ1n) is 6.80. The summed E-state index contributed by atoms with van der Waals surface area (Å²) in [7, 11) is 0. The van der Waals surface area contributed by atoms with Crippen LogP contribution in [0.15, 0.2) is 24.3 Å². The molecule has 1 saturated heterocycles. The average molecular weight is 283 g/mol. The molecule has 1 fully saturated rings. The Morgan fingerprint density at radius 3 is 2.70 bits per heavy atom. The molecule has 0 spiro atoms. The largest absolute Gasteiger partial charge is 0.435 e. The number of benzene rings is 1. The molecule has 0 bridgehead atoms. The molecule has 0 aliphatic carbocycles. The number of rotatable bonds is 5. The van der Waals surface area contributed by atoms with E-state index in [1.807, 2.05) is 0 Å². The first kappa shape index (κ1) is 14.8. The van der Waals surface area contributed by atoms with Gasteiger partial charge in [0, 0.05) is 23.9 Å². The van der Waals surface area contributed by atoms with Crippen LogP contribution >= 0.6 is 0 Å². The number of ether oxygens (including phenoxy) is 1. The second-order valence-corrected chi connectivity index (χ2v) is 5.53. The van der Waals surface area contributed by atoms with E-state index in [0.29, 0.717) is 17.9 Å². The van der Waals surface area contributed by atoms with Gasteiger partial charge in [0.1, 0.15) is 5.75 Å². The van der Waals surface area contributed by atoms with Crippen LogP contribution in [-0.2, 0) is 4.79 Å². The Kier molecular flexibility index (Phi) is 4.57. The molecule has 0 radical (unpaired) electrons. The molecule has 1 amide bonds. The molecule has 1 aliphatic rings. The Bertz CT molecular complexity index is 477. The maximum Gasteiger partial charge on any atom is 0.387 e. The molecule has 1 aromatic carbocycles. The number of para-hydroxylation sites is 1. The lowest BCUT2D eigenvalue weighted by molar-refractivity contribution is -0.119. The minimum absolute atomic E-state index is 0.0232. The van der Waals surface area contributed by atoms with Crippen molar-refractivity contribution in [1.29, 1.82) is 0 Å². The maximum atomic E-state index is 12.5. The summed E-state index contributed by atoms with van der Waals surface area (Å²) in [5.41, 5.74) is 0.678. The lowest BCUT2D eigenvalue weighted by Crippen LogP contribution is -2.29. The zero-order chi connectivity index (χ0) is 14.7. The van der Waals surface area contributed by atoms with Gasteiger partial charge in [-0.3, -0.25) is 4.79 Å². The molecule has 2 unspecified atom stereocenters. The summed E-state index contributed by atoms with van der Waals surface area (Å²) in [6, 6.07) is 6.70. The zero-order valence-electron chi connectivity index (χ0n) is 11.6. The lowest BCUT2D eigenvalue weighted by Gasteiger charge is -2.23. The van der Waals surface area contributed by atoms with Gasteiger partial charge in [-0.2, -0.15) is 8.78 Å². The average Bonchev–Trinajstić information content (AvgIpc) is 2.69. The van der Waals surface area contributed by atoms with Gasteiger partial charge in [0.25, 0.3) is 0 Å². The number of carbonyl (C=O) groups excluding carboxylic acids is 1. The van der Waals surface area contributed by atoms with Crippen molar-refractivity contribution in [2.24, 2.45) is 5.92 Å². The van der Waals surface area contributed by atoms with Crippen LogP contribution < -0.4 is 10.1 Å². The molecule has 5 heteroatoms. The van der Waals surface area contributed by atoms with E-state index < -0.39 is 6.61 Å². The molecule has 2 atom stereocenters. The Morgan fingerprint density at radius 2 is 2.05 bits per heavy atom. The highest BCUT2D eigenvalue weighted by molar-refractivity contribution is 5.80. The Labute approximate surface area is 117 Å². The zero-order valence-corrected chi connectivity index (χ0v) is 11.6. The standard InChI is InChI=1S/C15H19F2NO2/c1-9(2)7-12-11(8-14(19)18-12)10-5-3-4-6-13(10)20-15(16)17/h3-6,9,11-12,15H,7-8H2,1-2H3,(H,18,19). The molecule has 1 aliphatic heterocycles. The van der Waals surface area contributed by atoms with Gasteiger partial charge in [-0.15, -0.1) is 0 Å². The normalized spacial score (nSPS) is 22.4. The van der Waals surface area contributed by atoms with Crippen molar-refractivity contribution in [2.45, 2.75) is 45.3 Å². The van der Waals surface area contributed by atoms with Gasteiger partial charge in [-0.05, 0) is 18.4 Å². The number of hydrogen-bond donors (Lipinski definition) is 1. The van der Waals surface area contributed by atoms with Crippen LogP contribution in [0, 0.1) is 5.92 Å². The predicted molar refractivity (Wildman–Crippen MR) is 71.8 cm³/mol. The minimum atomic E-state index is -2.86. The summed E-state index contributed by atoms with van der Waals surface area (Å²) >= 11 is 0. The van der Waals surface area contributed by atoms with E-state index in [1.165, 1.54) is 6.07 Å². The van der Waals surface area contributed by atoms with Crippen molar-refractivity contribution in [1.82, 2.24) is 5.32 Å². The van der Waals surface area contributed by atoms with Crippen LogP contribution in [0.4, 0.5) is 8.78 Å². The molecular formula is C15H19F2NO2. The summed E-state index contributed by atoms with van der Waals surface area (Å²) in [6.45, 7) is 1.29. The first-order valence-corrected chi connectivity index (χ1v) is 6.80. The van der Waals surface area contributed by atoms with E-state index in [0.717, 1.165) is 6.42 Å². The molecule has 110 valence electrons. The molecule has 3 nitrogen and oxygen atoms in total. The Morgan fingerprint density at radius 1 is 1.35 bits per heavy atom. The van der Waals surface area contributed by atoms with Crippen molar-refractivity contribution in [2.75, 3.05) is 0 Å². The van der Waals surface area contributed by atoms with Crippen molar-refractivity contribution in [3.05, 3.63) is 29.8 Å². The third-order valence-corrected chi connectivity index (χ3v) is 3.50. The van der Waals surface area contributed by atoms with Gasteiger partial charge in [-0.1, -0.05) is 32.0 Å². The van der Waals surface area contributed by atoms with E-state index in [9.17, 15) is 13.6 Å². The minimum Gasteiger partial charge on any atom is -0.435 e. The van der Waals surface area contributed by atoms with Crippen LogP contribution in [-0.4, -0.2) is 18.6 Å². The Hall–Kier alpha value is -1.65. The lowest BCUT2D eigenvalue weighted by atomic mass is 9.87. The number of carbonyl (C=O) groups is 1. The van der Waals surface area contributed by atoms with Crippen LogP contribution in [0.25, 0.3) is 0 Å². The molecule has 1 aromatic rings. The number of nitrogens with one attached hydrogen (secondary N) is 1. The summed E-state index contributed by atoms with van der Waals surface area (Å²) < 4.78 is 29.5. The third kappa shape index (κ3) is 3.46. The van der Waals surface area contributed by atoms with Crippen LogP contribution in [0.1, 0.15) is 38.2 Å². The molecule has 0 saturated carbocycles. The molecule has 1 heterocycles. The highest BCUT2D eigenvalue weighted by Crippen LogP contribution is 2.37. The summed E-state index contributed by atoms with van der Waals surface area (Å²) in [4.78, 5) is 11.7. The SMILES string of the molecule is CC(C)CC1NC(=O)CC1c1ccccc1OC(F)F. The van der Waals surface area contributed by atoms with E-state index in [2.05, 4.69) is 23.9 Å². The van der Waals surface area contributed by atoms with Gasteiger partial charge in [0.15, 0.2) is 0 Å². The summed E-state index contributed by atoms with van der Waals surface area (Å²) in [5.74, 6) is 0.439. The monoisotopic (exact) mass is 283 g/mol. The topological polar surface area (TPSA) is 38.3 Å². The molecule has 2 rings (SSSR count). The quantitative estimate of drug-likeness (QED) is 0.900. The van der Waals surface area contributed by atoms with E-state index in [1.54, 1.807) is 18.2 Å². The van der Waals surface area contributed by atoms with Crippen molar-refractivity contribution >= 4 is 5.91 Å². The number of halogens is 2. The fourth-order valence-corrected chi connectivity index (χ4v) is 2.76. The van der Waals surface area contributed by atoms with Crippen molar-refractivity contribution in [3.8, 4) is 5.75 Å². The highest BCUT2D eigenvalue weighted by atomic mass is 19.3. The van der Waals surface area contributed by atoms with Gasteiger partial charge in [0.2, 0.25) is 5.91 Å². The smallest absolute Gasteiger partial charge is 0.387 e.